The Labute approximate surface area is 159 Å². The molecule has 2 saturated heterocycles. The van der Waals surface area contributed by atoms with E-state index in [-0.39, 0.29) is 30.1 Å². The molecule has 1 unspecified atom stereocenters. The van der Waals surface area contributed by atoms with Crippen LogP contribution in [-0.4, -0.2) is 62.7 Å². The van der Waals surface area contributed by atoms with Crippen molar-refractivity contribution < 1.29 is 19.1 Å². The zero-order valence-corrected chi connectivity index (χ0v) is 15.7. The van der Waals surface area contributed by atoms with Gasteiger partial charge in [0.25, 0.3) is 5.91 Å². The summed E-state index contributed by atoms with van der Waals surface area (Å²) in [6, 6.07) is 7.36. The van der Waals surface area contributed by atoms with Crippen LogP contribution in [0.2, 0.25) is 0 Å². The van der Waals surface area contributed by atoms with Crippen LogP contribution >= 0.6 is 12.4 Å². The first kappa shape index (κ1) is 20.5. The Morgan fingerprint density at radius 2 is 2.00 bits per heavy atom. The van der Waals surface area contributed by atoms with Crippen LogP contribution in [0.25, 0.3) is 0 Å². The highest BCUT2D eigenvalue weighted by molar-refractivity contribution is 5.94. The highest BCUT2D eigenvalue weighted by atomic mass is 35.5. The highest BCUT2D eigenvalue weighted by Crippen LogP contribution is 2.26. The average molecular weight is 384 g/mol. The third-order valence-electron chi connectivity index (χ3n) is 4.75. The number of para-hydroxylation sites is 2. The maximum absolute atomic E-state index is 12.5. The number of methoxy groups -OCH3 is 1. The number of nitrogens with one attached hydrogen (secondary N) is 2. The first-order valence-corrected chi connectivity index (χ1v) is 8.74. The molecule has 8 heteroatoms. The number of hydrogen-bond donors (Lipinski definition) is 2. The molecule has 2 fully saturated rings. The maximum atomic E-state index is 12.5. The molecule has 2 N–H and O–H groups in total. The molecule has 3 rings (SSSR count). The van der Waals surface area contributed by atoms with Crippen LogP contribution < -0.4 is 15.4 Å². The fourth-order valence-electron chi connectivity index (χ4n) is 3.27. The van der Waals surface area contributed by atoms with Crippen molar-refractivity contribution in [2.24, 2.45) is 5.92 Å². The molecular formula is C18H26ClN3O4. The maximum Gasteiger partial charge on any atom is 0.253 e. The standard InChI is InChI=1S/C18H25N3O4.ClH/c1-24-15-5-3-2-4-14(15)20-17(22)13-6-9-21(10-7-13)18(23)16-12-19-8-11-25-16;/h2-5,13,16,19H,6-12H2,1H3,(H,20,22);1H. The van der Waals surface area contributed by atoms with E-state index in [1.165, 1.54) is 0 Å². The molecule has 0 radical (unpaired) electrons. The van der Waals surface area contributed by atoms with Crippen LogP contribution in [0.4, 0.5) is 5.69 Å². The van der Waals surface area contributed by atoms with E-state index in [0.717, 1.165) is 6.54 Å². The van der Waals surface area contributed by atoms with E-state index in [4.69, 9.17) is 9.47 Å². The molecule has 0 spiro atoms. The Bertz CT molecular complexity index is 614. The number of morpholine rings is 1. The smallest absolute Gasteiger partial charge is 0.253 e. The zero-order chi connectivity index (χ0) is 17.6. The number of anilines is 1. The van der Waals surface area contributed by atoms with Gasteiger partial charge in [-0.25, -0.2) is 0 Å². The first-order chi connectivity index (χ1) is 12.2. The van der Waals surface area contributed by atoms with Crippen molar-refractivity contribution in [1.29, 1.82) is 0 Å². The predicted octanol–water partition coefficient (Wildman–Crippen LogP) is 1.28. The second-order valence-electron chi connectivity index (χ2n) is 6.35. The van der Waals surface area contributed by atoms with Gasteiger partial charge < -0.3 is 25.0 Å². The minimum Gasteiger partial charge on any atom is -0.495 e. The minimum atomic E-state index is -0.396. The summed E-state index contributed by atoms with van der Waals surface area (Å²) in [6.45, 7) is 3.08. The number of carbonyl (C=O) groups is 2. The number of likely N-dealkylation sites (tertiary alicyclic amines) is 1. The summed E-state index contributed by atoms with van der Waals surface area (Å²) >= 11 is 0. The lowest BCUT2D eigenvalue weighted by atomic mass is 9.95. The predicted molar refractivity (Wildman–Crippen MR) is 101 cm³/mol. The molecule has 2 aliphatic heterocycles. The molecule has 0 bridgehead atoms. The Morgan fingerprint density at radius 1 is 1.27 bits per heavy atom. The van der Waals surface area contributed by atoms with Gasteiger partial charge >= 0.3 is 0 Å². The van der Waals surface area contributed by atoms with Crippen molar-refractivity contribution in [1.82, 2.24) is 10.2 Å². The van der Waals surface area contributed by atoms with Crippen molar-refractivity contribution in [3.63, 3.8) is 0 Å². The van der Waals surface area contributed by atoms with E-state index in [0.29, 0.717) is 50.5 Å². The number of amides is 2. The molecule has 1 atom stereocenters. The number of nitrogens with zero attached hydrogens (tertiary/aromatic N) is 1. The third kappa shape index (κ3) is 4.87. The van der Waals surface area contributed by atoms with E-state index in [2.05, 4.69) is 10.6 Å². The van der Waals surface area contributed by atoms with Gasteiger partial charge in [0.2, 0.25) is 5.91 Å². The molecule has 2 heterocycles. The second-order valence-corrected chi connectivity index (χ2v) is 6.35. The second kappa shape index (κ2) is 9.75. The summed E-state index contributed by atoms with van der Waals surface area (Å²) in [5.41, 5.74) is 0.676. The van der Waals surface area contributed by atoms with E-state index < -0.39 is 6.10 Å². The Morgan fingerprint density at radius 3 is 2.65 bits per heavy atom. The lowest BCUT2D eigenvalue weighted by Crippen LogP contribution is -2.51. The van der Waals surface area contributed by atoms with Crippen LogP contribution in [0, 0.1) is 5.92 Å². The van der Waals surface area contributed by atoms with Crippen molar-refractivity contribution >= 4 is 29.9 Å². The van der Waals surface area contributed by atoms with Gasteiger partial charge in [-0.3, -0.25) is 9.59 Å². The van der Waals surface area contributed by atoms with Gasteiger partial charge in [0.1, 0.15) is 11.9 Å². The third-order valence-corrected chi connectivity index (χ3v) is 4.75. The SMILES string of the molecule is COc1ccccc1NC(=O)C1CCN(C(=O)C2CNCCO2)CC1.Cl. The van der Waals surface area contributed by atoms with Gasteiger partial charge in [0.05, 0.1) is 19.4 Å². The van der Waals surface area contributed by atoms with Crippen LogP contribution in [0.1, 0.15) is 12.8 Å². The molecule has 0 saturated carbocycles. The molecule has 2 aliphatic rings. The van der Waals surface area contributed by atoms with Gasteiger partial charge in [0.15, 0.2) is 0 Å². The van der Waals surface area contributed by atoms with E-state index in [9.17, 15) is 9.59 Å². The topological polar surface area (TPSA) is 79.9 Å². The average Bonchev–Trinajstić information content (AvgIpc) is 2.68. The molecule has 7 nitrogen and oxygen atoms in total. The molecular weight excluding hydrogens is 358 g/mol. The summed E-state index contributed by atoms with van der Waals surface area (Å²) in [5, 5.41) is 6.11. The first-order valence-electron chi connectivity index (χ1n) is 8.74. The molecule has 0 aliphatic carbocycles. The van der Waals surface area contributed by atoms with Crippen LogP contribution in [0.3, 0.4) is 0 Å². The molecule has 1 aromatic rings. The van der Waals surface area contributed by atoms with E-state index in [1.807, 2.05) is 29.2 Å². The fourth-order valence-corrected chi connectivity index (χ4v) is 3.27. The quantitative estimate of drug-likeness (QED) is 0.818. The number of carbonyl (C=O) groups excluding carboxylic acids is 2. The van der Waals surface area contributed by atoms with Crippen LogP contribution in [0.5, 0.6) is 5.75 Å². The fraction of sp³-hybridized carbons (Fsp3) is 0.556. The molecule has 0 aromatic heterocycles. The highest BCUT2D eigenvalue weighted by Gasteiger charge is 2.32. The van der Waals surface area contributed by atoms with Crippen molar-refractivity contribution in [2.45, 2.75) is 18.9 Å². The molecule has 26 heavy (non-hydrogen) atoms. The molecule has 144 valence electrons. The summed E-state index contributed by atoms with van der Waals surface area (Å²) < 4.78 is 10.8. The van der Waals surface area contributed by atoms with Gasteiger partial charge in [-0.2, -0.15) is 0 Å². The summed E-state index contributed by atoms with van der Waals surface area (Å²) in [5.74, 6) is 0.549. The Kier molecular flexibility index (Phi) is 7.68. The van der Waals surface area contributed by atoms with Gasteiger partial charge in [-0.1, -0.05) is 12.1 Å². The lowest BCUT2D eigenvalue weighted by Gasteiger charge is -2.34. The Balaban J connectivity index is 0.00000243. The van der Waals surface area contributed by atoms with Crippen LogP contribution in [0.15, 0.2) is 24.3 Å². The number of benzene rings is 1. The van der Waals surface area contributed by atoms with Gasteiger partial charge in [0, 0.05) is 32.1 Å². The zero-order valence-electron chi connectivity index (χ0n) is 14.9. The molecule has 2 amide bonds. The van der Waals surface area contributed by atoms with Gasteiger partial charge in [-0.05, 0) is 25.0 Å². The summed E-state index contributed by atoms with van der Waals surface area (Å²) in [6.07, 6.45) is 0.924. The van der Waals surface area contributed by atoms with E-state index >= 15 is 0 Å². The summed E-state index contributed by atoms with van der Waals surface area (Å²) in [7, 11) is 1.58. The van der Waals surface area contributed by atoms with Crippen molar-refractivity contribution in [2.75, 3.05) is 45.2 Å². The number of ether oxygens (including phenoxy) is 2. The summed E-state index contributed by atoms with van der Waals surface area (Å²) in [4.78, 5) is 26.8. The van der Waals surface area contributed by atoms with Crippen molar-refractivity contribution in [3.8, 4) is 5.75 Å². The normalized spacial score (nSPS) is 20.8. The van der Waals surface area contributed by atoms with Crippen molar-refractivity contribution in [3.05, 3.63) is 24.3 Å². The lowest BCUT2D eigenvalue weighted by molar-refractivity contribution is -0.147. The Hall–Kier alpha value is -1.83. The monoisotopic (exact) mass is 383 g/mol. The molecule has 1 aromatic carbocycles. The number of piperidine rings is 1. The number of halogens is 1. The van der Waals surface area contributed by atoms with Gasteiger partial charge in [-0.15, -0.1) is 12.4 Å². The number of hydrogen-bond acceptors (Lipinski definition) is 5. The number of rotatable bonds is 4. The largest absolute Gasteiger partial charge is 0.495 e. The minimum absolute atomic E-state index is 0. The van der Waals surface area contributed by atoms with Crippen LogP contribution in [-0.2, 0) is 14.3 Å². The van der Waals surface area contributed by atoms with E-state index in [1.54, 1.807) is 7.11 Å².